The molecule has 1 heterocycles. The van der Waals surface area contributed by atoms with Crippen molar-refractivity contribution in [1.82, 2.24) is 4.90 Å². The molecule has 1 atom stereocenters. The van der Waals surface area contributed by atoms with Crippen molar-refractivity contribution >= 4 is 17.7 Å². The van der Waals surface area contributed by atoms with Crippen LogP contribution in [-0.2, 0) is 4.74 Å². The number of hydrogen-bond donors (Lipinski definition) is 0. The number of rotatable bonds is 1. The molecule has 1 aromatic rings. The smallest absolute Gasteiger partial charge is 0.410 e. The van der Waals surface area contributed by atoms with Gasteiger partial charge in [-0.25, -0.2) is 4.79 Å². The summed E-state index contributed by atoms with van der Waals surface area (Å²) < 4.78 is 5.45. The van der Waals surface area contributed by atoms with E-state index in [1.165, 1.54) is 0 Å². The van der Waals surface area contributed by atoms with Crippen molar-refractivity contribution < 1.29 is 9.53 Å². The number of piperidine rings is 1. The molecule has 124 valence electrons. The first-order valence-corrected chi connectivity index (χ1v) is 8.44. The number of carbonyl (C=O) groups excluding carboxylic acids is 1. The minimum absolute atomic E-state index is 0.215. The van der Waals surface area contributed by atoms with Crippen LogP contribution in [0.1, 0.15) is 45.6 Å². The van der Waals surface area contributed by atoms with Crippen molar-refractivity contribution in [2.24, 2.45) is 5.92 Å². The van der Waals surface area contributed by atoms with Crippen LogP contribution in [0.25, 0.3) is 0 Å². The van der Waals surface area contributed by atoms with E-state index in [-0.39, 0.29) is 6.09 Å². The zero-order valence-electron chi connectivity index (χ0n) is 14.1. The summed E-state index contributed by atoms with van der Waals surface area (Å²) in [6.07, 6.45) is 2.69. The van der Waals surface area contributed by atoms with Gasteiger partial charge >= 0.3 is 6.09 Å². The maximum absolute atomic E-state index is 12.1. The van der Waals surface area contributed by atoms with Crippen LogP contribution in [0.5, 0.6) is 0 Å². The highest BCUT2D eigenvalue weighted by Gasteiger charge is 2.27. The van der Waals surface area contributed by atoms with E-state index in [2.05, 4.69) is 11.8 Å². The van der Waals surface area contributed by atoms with Crippen molar-refractivity contribution in [3.63, 3.8) is 0 Å². The predicted molar refractivity (Wildman–Crippen MR) is 93.5 cm³/mol. The van der Waals surface area contributed by atoms with Crippen LogP contribution in [-0.4, -0.2) is 29.7 Å². The number of likely N-dealkylation sites (tertiary alicyclic amines) is 1. The van der Waals surface area contributed by atoms with Crippen molar-refractivity contribution in [2.75, 3.05) is 13.1 Å². The summed E-state index contributed by atoms with van der Waals surface area (Å²) in [5.74, 6) is 6.80. The molecule has 0 saturated carbocycles. The molecule has 23 heavy (non-hydrogen) atoms. The maximum Gasteiger partial charge on any atom is 0.410 e. The summed E-state index contributed by atoms with van der Waals surface area (Å²) in [7, 11) is 0. The van der Waals surface area contributed by atoms with Gasteiger partial charge in [-0.05, 0) is 63.8 Å². The summed E-state index contributed by atoms with van der Waals surface area (Å²) >= 11 is 5.86. The Kier molecular flexibility index (Phi) is 5.96. The summed E-state index contributed by atoms with van der Waals surface area (Å²) in [6.45, 7) is 7.18. The van der Waals surface area contributed by atoms with Gasteiger partial charge in [0.15, 0.2) is 0 Å². The third kappa shape index (κ3) is 6.15. The summed E-state index contributed by atoms with van der Waals surface area (Å²) in [4.78, 5) is 14.0. The molecule has 1 unspecified atom stereocenters. The van der Waals surface area contributed by atoms with Gasteiger partial charge in [0, 0.05) is 30.1 Å². The van der Waals surface area contributed by atoms with Gasteiger partial charge in [0.05, 0.1) is 0 Å². The summed E-state index contributed by atoms with van der Waals surface area (Å²) in [6, 6.07) is 7.53. The first-order valence-electron chi connectivity index (χ1n) is 8.06. The van der Waals surface area contributed by atoms with Crippen LogP contribution < -0.4 is 0 Å². The van der Waals surface area contributed by atoms with E-state index < -0.39 is 5.60 Å². The Morgan fingerprint density at radius 1 is 1.35 bits per heavy atom. The number of benzene rings is 1. The second-order valence-corrected chi connectivity index (χ2v) is 7.38. The van der Waals surface area contributed by atoms with Crippen molar-refractivity contribution in [2.45, 2.75) is 45.6 Å². The largest absolute Gasteiger partial charge is 0.444 e. The molecule has 1 aliphatic rings. The number of hydrogen-bond acceptors (Lipinski definition) is 2. The summed E-state index contributed by atoms with van der Waals surface area (Å²) in [5.41, 5.74) is 0.521. The van der Waals surface area contributed by atoms with E-state index in [1.54, 1.807) is 0 Å². The Balaban J connectivity index is 1.87. The van der Waals surface area contributed by atoms with Crippen LogP contribution >= 0.6 is 11.6 Å². The third-order valence-corrected chi connectivity index (χ3v) is 3.89. The van der Waals surface area contributed by atoms with Crippen molar-refractivity contribution in [1.29, 1.82) is 0 Å². The molecular weight excluding hydrogens is 310 g/mol. The van der Waals surface area contributed by atoms with Gasteiger partial charge in [0.1, 0.15) is 5.60 Å². The molecule has 1 amide bonds. The lowest BCUT2D eigenvalue weighted by molar-refractivity contribution is 0.0168. The highest BCUT2D eigenvalue weighted by atomic mass is 35.5. The zero-order chi connectivity index (χ0) is 16.9. The minimum atomic E-state index is -0.446. The fourth-order valence-electron chi connectivity index (χ4n) is 2.55. The Bertz CT molecular complexity index is 593. The highest BCUT2D eigenvalue weighted by Crippen LogP contribution is 2.21. The molecule has 0 N–H and O–H groups in total. The molecular formula is C19H24ClNO2. The van der Waals surface area contributed by atoms with Crippen LogP contribution in [0.15, 0.2) is 24.3 Å². The fourth-order valence-corrected chi connectivity index (χ4v) is 2.68. The highest BCUT2D eigenvalue weighted by molar-refractivity contribution is 6.30. The van der Waals surface area contributed by atoms with Gasteiger partial charge in [0.2, 0.25) is 0 Å². The molecule has 0 radical (unpaired) electrons. The van der Waals surface area contributed by atoms with Crippen LogP contribution in [0.2, 0.25) is 5.02 Å². The molecule has 1 fully saturated rings. The van der Waals surface area contributed by atoms with Gasteiger partial charge in [-0.15, -0.1) is 0 Å². The quantitative estimate of drug-likeness (QED) is 0.695. The lowest BCUT2D eigenvalue weighted by Crippen LogP contribution is -2.42. The Hall–Kier alpha value is -1.66. The number of amides is 1. The molecule has 0 bridgehead atoms. The molecule has 0 spiro atoms. The normalized spacial score (nSPS) is 18.1. The van der Waals surface area contributed by atoms with E-state index in [4.69, 9.17) is 16.3 Å². The lowest BCUT2D eigenvalue weighted by Gasteiger charge is -2.33. The van der Waals surface area contributed by atoms with E-state index in [0.717, 1.165) is 42.9 Å². The van der Waals surface area contributed by atoms with Crippen LogP contribution in [0.4, 0.5) is 4.79 Å². The summed E-state index contributed by atoms with van der Waals surface area (Å²) in [5, 5.41) is 0.718. The van der Waals surface area contributed by atoms with E-state index >= 15 is 0 Å². The third-order valence-electron chi connectivity index (χ3n) is 3.64. The number of halogens is 1. The van der Waals surface area contributed by atoms with Gasteiger partial charge in [-0.1, -0.05) is 23.4 Å². The lowest BCUT2D eigenvalue weighted by atomic mass is 9.95. The van der Waals surface area contributed by atoms with E-state index in [9.17, 15) is 4.79 Å². The predicted octanol–water partition coefficient (Wildman–Crippen LogP) is 4.73. The average Bonchev–Trinajstić information content (AvgIpc) is 2.48. The molecule has 1 aliphatic heterocycles. The van der Waals surface area contributed by atoms with Crippen molar-refractivity contribution in [3.8, 4) is 11.8 Å². The number of carbonyl (C=O) groups is 1. The second kappa shape index (κ2) is 7.75. The monoisotopic (exact) mass is 333 g/mol. The molecule has 3 nitrogen and oxygen atoms in total. The van der Waals surface area contributed by atoms with Crippen molar-refractivity contribution in [3.05, 3.63) is 34.9 Å². The molecule has 1 saturated heterocycles. The van der Waals surface area contributed by atoms with Gasteiger partial charge < -0.3 is 9.64 Å². The topological polar surface area (TPSA) is 29.5 Å². The average molecular weight is 334 g/mol. The first-order chi connectivity index (χ1) is 10.8. The SMILES string of the molecule is CC(C)(C)OC(=O)N1CCCC(CC#Cc2ccc(Cl)cc2)C1. The van der Waals surface area contributed by atoms with Gasteiger partial charge in [0.25, 0.3) is 0 Å². The van der Waals surface area contributed by atoms with Crippen LogP contribution in [0, 0.1) is 17.8 Å². The molecule has 0 aliphatic carbocycles. The standard InChI is InChI=1S/C19H24ClNO2/c1-19(2,3)23-18(22)21-13-5-8-16(14-21)7-4-6-15-9-11-17(20)12-10-15/h9-12,16H,5,7-8,13-14H2,1-3H3. The Morgan fingerprint density at radius 3 is 2.70 bits per heavy atom. The Labute approximate surface area is 144 Å². The minimum Gasteiger partial charge on any atom is -0.444 e. The second-order valence-electron chi connectivity index (χ2n) is 6.95. The van der Waals surface area contributed by atoms with E-state index in [0.29, 0.717) is 5.92 Å². The molecule has 4 heteroatoms. The fraction of sp³-hybridized carbons (Fsp3) is 0.526. The number of ether oxygens (including phenoxy) is 1. The number of nitrogens with zero attached hydrogens (tertiary/aromatic N) is 1. The van der Waals surface area contributed by atoms with E-state index in [1.807, 2.05) is 49.9 Å². The molecule has 0 aromatic heterocycles. The Morgan fingerprint density at radius 2 is 2.04 bits per heavy atom. The first kappa shape index (κ1) is 17.7. The molecule has 2 rings (SSSR count). The van der Waals surface area contributed by atoms with Gasteiger partial charge in [-0.2, -0.15) is 0 Å². The molecule has 1 aromatic carbocycles. The maximum atomic E-state index is 12.1. The van der Waals surface area contributed by atoms with Gasteiger partial charge in [-0.3, -0.25) is 0 Å². The van der Waals surface area contributed by atoms with Crippen LogP contribution in [0.3, 0.4) is 0 Å². The zero-order valence-corrected chi connectivity index (χ0v) is 14.8.